The molecule has 4 heteroatoms. The molecule has 0 saturated heterocycles. The van der Waals surface area contributed by atoms with Crippen LogP contribution in [-0.4, -0.2) is 23.1 Å². The maximum absolute atomic E-state index is 13.5. The predicted octanol–water partition coefficient (Wildman–Crippen LogP) is 7.52. The van der Waals surface area contributed by atoms with Gasteiger partial charge in [0.15, 0.2) is 11.6 Å². The number of hydrogen-bond acceptors (Lipinski definition) is 4. The van der Waals surface area contributed by atoms with Gasteiger partial charge in [-0.3, -0.25) is 19.2 Å². The van der Waals surface area contributed by atoms with Crippen LogP contribution in [0.25, 0.3) is 0 Å². The number of hydrogen-bond donors (Lipinski definition) is 0. The Morgan fingerprint density at radius 2 is 1.69 bits per heavy atom. The summed E-state index contributed by atoms with van der Waals surface area (Å²) in [4.78, 5) is 51.3. The molecule has 3 rings (SSSR count). The Labute approximate surface area is 218 Å². The summed E-state index contributed by atoms with van der Waals surface area (Å²) in [5.41, 5.74) is 3.42. The molecule has 2 aliphatic carbocycles. The molecule has 0 radical (unpaired) electrons. The predicted molar refractivity (Wildman–Crippen MR) is 144 cm³/mol. The molecule has 0 aromatic heterocycles. The molecule has 0 N–H and O–H groups in total. The molecule has 3 unspecified atom stereocenters. The first-order chi connectivity index (χ1) is 17.1. The molecule has 198 valence electrons. The summed E-state index contributed by atoms with van der Waals surface area (Å²) in [6, 6.07) is 3.90. The number of benzene rings is 1. The van der Waals surface area contributed by atoms with Crippen LogP contribution >= 0.6 is 0 Å². The van der Waals surface area contributed by atoms with E-state index in [2.05, 4.69) is 13.8 Å². The summed E-state index contributed by atoms with van der Waals surface area (Å²) in [6.07, 6.45) is 9.82. The normalized spacial score (nSPS) is 23.6. The highest BCUT2D eigenvalue weighted by Gasteiger charge is 2.35. The van der Waals surface area contributed by atoms with E-state index in [9.17, 15) is 19.2 Å². The minimum atomic E-state index is -0.141. The van der Waals surface area contributed by atoms with Crippen molar-refractivity contribution in [1.29, 1.82) is 0 Å². The SMILES string of the molecule is CCCC(CC1CC(=O)c2c(C)ccc(C(=O)CC3CCC(C)CC3)c2C1)C(CC)C(=O)CC(C)=O. The second-order valence-corrected chi connectivity index (χ2v) is 11.9. The highest BCUT2D eigenvalue weighted by Crippen LogP contribution is 2.38. The fraction of sp³-hybridized carbons (Fsp3) is 0.688. The van der Waals surface area contributed by atoms with Gasteiger partial charge in [-0.25, -0.2) is 0 Å². The zero-order valence-corrected chi connectivity index (χ0v) is 23.2. The molecule has 0 amide bonds. The van der Waals surface area contributed by atoms with Gasteiger partial charge in [0.05, 0.1) is 6.42 Å². The Kier molecular flexibility index (Phi) is 10.2. The molecule has 1 aromatic carbocycles. The van der Waals surface area contributed by atoms with E-state index in [1.54, 1.807) is 0 Å². The molecule has 4 nitrogen and oxygen atoms in total. The van der Waals surface area contributed by atoms with Gasteiger partial charge in [0.1, 0.15) is 11.6 Å². The molecular formula is C32H46O4. The largest absolute Gasteiger partial charge is 0.300 e. The maximum Gasteiger partial charge on any atom is 0.163 e. The van der Waals surface area contributed by atoms with Crippen molar-refractivity contribution in [2.75, 3.05) is 0 Å². The molecule has 3 atom stereocenters. The number of carbonyl (C=O) groups is 4. The Balaban J connectivity index is 1.82. The van der Waals surface area contributed by atoms with Crippen LogP contribution < -0.4 is 0 Å². The van der Waals surface area contributed by atoms with Gasteiger partial charge < -0.3 is 0 Å². The third kappa shape index (κ3) is 7.01. The Morgan fingerprint density at radius 1 is 1.00 bits per heavy atom. The van der Waals surface area contributed by atoms with Crippen molar-refractivity contribution in [3.8, 4) is 0 Å². The standard InChI is InChI=1S/C32H46O4/c1-6-8-25(26(7-2)29(34)15-22(5)33)16-24-17-28-27(14-11-21(4)32(28)31(36)19-24)30(35)18-23-12-9-20(3)10-13-23/h11,14,20,23-26H,6-10,12-13,15-19H2,1-5H3. The smallest absolute Gasteiger partial charge is 0.163 e. The van der Waals surface area contributed by atoms with E-state index in [1.165, 1.54) is 19.8 Å². The van der Waals surface area contributed by atoms with E-state index < -0.39 is 0 Å². The van der Waals surface area contributed by atoms with Crippen molar-refractivity contribution in [3.63, 3.8) is 0 Å². The highest BCUT2D eigenvalue weighted by molar-refractivity contribution is 6.05. The van der Waals surface area contributed by atoms with Gasteiger partial charge in [-0.05, 0) is 80.8 Å². The fourth-order valence-electron chi connectivity index (χ4n) is 6.91. The van der Waals surface area contributed by atoms with Gasteiger partial charge in [0, 0.05) is 29.9 Å². The highest BCUT2D eigenvalue weighted by atomic mass is 16.1. The molecule has 1 saturated carbocycles. The lowest BCUT2D eigenvalue weighted by Crippen LogP contribution is -2.30. The van der Waals surface area contributed by atoms with Crippen LogP contribution in [0.3, 0.4) is 0 Å². The van der Waals surface area contributed by atoms with Crippen molar-refractivity contribution in [1.82, 2.24) is 0 Å². The van der Waals surface area contributed by atoms with Crippen molar-refractivity contribution in [2.45, 2.75) is 112 Å². The summed E-state index contributed by atoms with van der Waals surface area (Å²) in [5.74, 6) is 1.65. The average molecular weight is 495 g/mol. The van der Waals surface area contributed by atoms with E-state index in [1.807, 2.05) is 26.0 Å². The zero-order valence-electron chi connectivity index (χ0n) is 23.2. The average Bonchev–Trinajstić information content (AvgIpc) is 2.80. The lowest BCUT2D eigenvalue weighted by atomic mass is 9.71. The van der Waals surface area contributed by atoms with E-state index in [-0.39, 0.29) is 47.3 Å². The van der Waals surface area contributed by atoms with Gasteiger partial charge in [0.2, 0.25) is 0 Å². The minimum Gasteiger partial charge on any atom is -0.300 e. The van der Waals surface area contributed by atoms with E-state index in [4.69, 9.17) is 0 Å². The summed E-state index contributed by atoms with van der Waals surface area (Å²) in [6.45, 7) is 9.90. The van der Waals surface area contributed by atoms with Crippen molar-refractivity contribution in [3.05, 3.63) is 34.4 Å². The van der Waals surface area contributed by atoms with E-state index in [0.717, 1.165) is 73.1 Å². The van der Waals surface area contributed by atoms with Crippen LogP contribution in [0.2, 0.25) is 0 Å². The van der Waals surface area contributed by atoms with Crippen molar-refractivity contribution >= 4 is 23.1 Å². The maximum atomic E-state index is 13.5. The molecular weight excluding hydrogens is 448 g/mol. The van der Waals surface area contributed by atoms with Crippen LogP contribution in [0.4, 0.5) is 0 Å². The molecule has 0 aliphatic heterocycles. The van der Waals surface area contributed by atoms with Crippen LogP contribution in [-0.2, 0) is 16.0 Å². The molecule has 1 aromatic rings. The summed E-state index contributed by atoms with van der Waals surface area (Å²) in [5, 5.41) is 0. The first kappa shape index (κ1) is 28.5. The van der Waals surface area contributed by atoms with Crippen molar-refractivity contribution in [2.24, 2.45) is 29.6 Å². The number of Topliss-reactive ketones (excluding diaryl/α,β-unsaturated/α-hetero) is 4. The Bertz CT molecular complexity index is 967. The van der Waals surface area contributed by atoms with Crippen LogP contribution in [0.15, 0.2) is 12.1 Å². The molecule has 0 bridgehead atoms. The van der Waals surface area contributed by atoms with Gasteiger partial charge in [0.25, 0.3) is 0 Å². The van der Waals surface area contributed by atoms with Crippen LogP contribution in [0.5, 0.6) is 0 Å². The van der Waals surface area contributed by atoms with Gasteiger partial charge >= 0.3 is 0 Å². The number of rotatable bonds is 12. The van der Waals surface area contributed by atoms with Gasteiger partial charge in [-0.2, -0.15) is 0 Å². The quantitative estimate of drug-likeness (QED) is 0.223. The zero-order chi connectivity index (χ0) is 26.4. The molecule has 2 aliphatic rings. The first-order valence-electron chi connectivity index (χ1n) is 14.3. The molecule has 1 fully saturated rings. The van der Waals surface area contributed by atoms with Crippen molar-refractivity contribution < 1.29 is 19.2 Å². The number of fused-ring (bicyclic) bond motifs is 1. The molecule has 0 spiro atoms. The van der Waals surface area contributed by atoms with E-state index >= 15 is 0 Å². The molecule has 36 heavy (non-hydrogen) atoms. The molecule has 0 heterocycles. The third-order valence-corrected chi connectivity index (χ3v) is 8.82. The second-order valence-electron chi connectivity index (χ2n) is 11.9. The topological polar surface area (TPSA) is 68.3 Å². The monoisotopic (exact) mass is 494 g/mol. The Hall–Kier alpha value is -2.10. The van der Waals surface area contributed by atoms with Gasteiger partial charge in [-0.1, -0.05) is 58.6 Å². The van der Waals surface area contributed by atoms with Gasteiger partial charge in [-0.15, -0.1) is 0 Å². The first-order valence-corrected chi connectivity index (χ1v) is 14.3. The number of carbonyl (C=O) groups excluding carboxylic acids is 4. The summed E-state index contributed by atoms with van der Waals surface area (Å²) >= 11 is 0. The lowest BCUT2D eigenvalue weighted by Gasteiger charge is -2.32. The minimum absolute atomic E-state index is 0.00292. The third-order valence-electron chi connectivity index (χ3n) is 8.82. The Morgan fingerprint density at radius 3 is 2.31 bits per heavy atom. The lowest BCUT2D eigenvalue weighted by molar-refractivity contribution is -0.129. The summed E-state index contributed by atoms with van der Waals surface area (Å²) < 4.78 is 0. The number of ketones is 4. The van der Waals surface area contributed by atoms with Crippen LogP contribution in [0.1, 0.15) is 130 Å². The van der Waals surface area contributed by atoms with Crippen LogP contribution in [0, 0.1) is 36.5 Å². The van der Waals surface area contributed by atoms with E-state index in [0.29, 0.717) is 18.8 Å². The second kappa shape index (κ2) is 12.9. The summed E-state index contributed by atoms with van der Waals surface area (Å²) in [7, 11) is 0. The fourth-order valence-corrected chi connectivity index (χ4v) is 6.91. The number of aryl methyl sites for hydroxylation is 1.